The van der Waals surface area contributed by atoms with Gasteiger partial charge in [-0.2, -0.15) is 0 Å². The summed E-state index contributed by atoms with van der Waals surface area (Å²) in [5.41, 5.74) is 0. The summed E-state index contributed by atoms with van der Waals surface area (Å²) in [5.74, 6) is 1.07. The lowest BCUT2D eigenvalue weighted by Crippen LogP contribution is -2.44. The second-order valence-electron chi connectivity index (χ2n) is 6.38. The van der Waals surface area contributed by atoms with Crippen LogP contribution in [0.5, 0.6) is 0 Å². The van der Waals surface area contributed by atoms with E-state index in [1.165, 1.54) is 19.3 Å². The molecule has 4 unspecified atom stereocenters. The molecule has 0 aromatic heterocycles. The number of unbranched alkanes of at least 4 members (excludes halogenated alkanes) is 1. The first-order chi connectivity index (χ1) is 10.6. The summed E-state index contributed by atoms with van der Waals surface area (Å²) < 4.78 is 5.02. The molecule has 0 aromatic carbocycles. The van der Waals surface area contributed by atoms with Crippen LogP contribution in [-0.2, 0) is 9.53 Å². The normalized spacial score (nSPS) is 29.9. The Bertz CT molecular complexity index is 421. The zero-order valence-corrected chi connectivity index (χ0v) is 13.3. The molecule has 1 amide bonds. The number of aliphatic carboxylic acids is 1. The summed E-state index contributed by atoms with van der Waals surface area (Å²) in [4.78, 5) is 22.1. The zero-order valence-electron chi connectivity index (χ0n) is 13.3. The van der Waals surface area contributed by atoms with Gasteiger partial charge in [0.1, 0.15) is 0 Å². The van der Waals surface area contributed by atoms with Crippen molar-refractivity contribution in [2.24, 2.45) is 17.8 Å². The second-order valence-corrected chi connectivity index (χ2v) is 6.38. The number of fused-ring (bicyclic) bond motifs is 2. The molecule has 5 nitrogen and oxygen atoms in total. The summed E-state index contributed by atoms with van der Waals surface area (Å²) in [5, 5.41) is 11.7. The number of nitrogens with one attached hydrogen (secondary N) is 1. The minimum Gasteiger partial charge on any atom is -0.481 e. The Kier molecular flexibility index (Phi) is 6.28. The van der Waals surface area contributed by atoms with E-state index in [9.17, 15) is 9.59 Å². The molecule has 5 heteroatoms. The lowest BCUT2D eigenvalue weighted by molar-refractivity contribution is -0.137. The van der Waals surface area contributed by atoms with Crippen molar-refractivity contribution < 1.29 is 19.4 Å². The molecule has 4 atom stereocenters. The fourth-order valence-electron chi connectivity index (χ4n) is 4.03. The van der Waals surface area contributed by atoms with Gasteiger partial charge in [0.05, 0.1) is 6.61 Å². The largest absolute Gasteiger partial charge is 0.481 e. The average Bonchev–Trinajstić information content (AvgIpc) is 3.05. The van der Waals surface area contributed by atoms with Crippen molar-refractivity contribution >= 4 is 12.1 Å². The first-order valence-corrected chi connectivity index (χ1v) is 8.42. The van der Waals surface area contributed by atoms with Crippen molar-refractivity contribution in [3.8, 4) is 0 Å². The van der Waals surface area contributed by atoms with Crippen LogP contribution in [0.2, 0.25) is 0 Å². The Labute approximate surface area is 132 Å². The lowest BCUT2D eigenvalue weighted by Gasteiger charge is -2.30. The third-order valence-electron chi connectivity index (χ3n) is 4.98. The first kappa shape index (κ1) is 16.8. The fourth-order valence-corrected chi connectivity index (χ4v) is 4.03. The van der Waals surface area contributed by atoms with Crippen LogP contribution in [0.15, 0.2) is 12.2 Å². The maximum atomic E-state index is 11.7. The third kappa shape index (κ3) is 4.49. The minimum absolute atomic E-state index is 0.228. The molecule has 2 fully saturated rings. The third-order valence-corrected chi connectivity index (χ3v) is 4.98. The van der Waals surface area contributed by atoms with E-state index in [1.54, 1.807) is 0 Å². The van der Waals surface area contributed by atoms with Crippen LogP contribution in [0.3, 0.4) is 0 Å². The number of hydrogen-bond acceptors (Lipinski definition) is 3. The fraction of sp³-hybridized carbons (Fsp3) is 0.765. The van der Waals surface area contributed by atoms with E-state index in [4.69, 9.17) is 9.84 Å². The van der Waals surface area contributed by atoms with Crippen LogP contribution in [0.4, 0.5) is 4.79 Å². The Balaban J connectivity index is 1.78. The highest BCUT2D eigenvalue weighted by Crippen LogP contribution is 2.49. The van der Waals surface area contributed by atoms with Gasteiger partial charge in [-0.05, 0) is 63.2 Å². The topological polar surface area (TPSA) is 75.6 Å². The zero-order chi connectivity index (χ0) is 15.9. The Morgan fingerprint density at radius 1 is 1.27 bits per heavy atom. The Morgan fingerprint density at radius 3 is 2.77 bits per heavy atom. The summed E-state index contributed by atoms with van der Waals surface area (Å²) in [6, 6.07) is 0.237. The number of allylic oxidation sites excluding steroid dienone is 2. The highest BCUT2D eigenvalue weighted by Gasteiger charge is 2.47. The minimum atomic E-state index is -0.736. The number of carboxylic acid groups (broad SMARTS) is 1. The molecule has 2 bridgehead atoms. The SMILES string of the molecule is CCOC(=O)NC1C2CCC(C2)C1C/C=C/CCCC(=O)O. The van der Waals surface area contributed by atoms with Gasteiger partial charge < -0.3 is 15.2 Å². The van der Waals surface area contributed by atoms with Crippen LogP contribution in [-0.4, -0.2) is 29.8 Å². The quantitative estimate of drug-likeness (QED) is 0.532. The van der Waals surface area contributed by atoms with Crippen molar-refractivity contribution in [1.82, 2.24) is 5.32 Å². The Morgan fingerprint density at radius 2 is 2.05 bits per heavy atom. The monoisotopic (exact) mass is 309 g/mol. The van der Waals surface area contributed by atoms with Crippen LogP contribution in [0, 0.1) is 17.8 Å². The highest BCUT2D eigenvalue weighted by molar-refractivity contribution is 5.67. The second kappa shape index (κ2) is 8.20. The van der Waals surface area contributed by atoms with E-state index < -0.39 is 5.97 Å². The molecule has 2 aliphatic rings. The van der Waals surface area contributed by atoms with Crippen LogP contribution < -0.4 is 5.32 Å². The molecule has 0 aliphatic heterocycles. The number of carboxylic acids is 1. The van der Waals surface area contributed by atoms with Gasteiger partial charge in [-0.3, -0.25) is 4.79 Å². The van der Waals surface area contributed by atoms with Crippen molar-refractivity contribution in [3.63, 3.8) is 0 Å². The summed E-state index contributed by atoms with van der Waals surface area (Å²) >= 11 is 0. The average molecular weight is 309 g/mol. The predicted molar refractivity (Wildman–Crippen MR) is 83.5 cm³/mol. The van der Waals surface area contributed by atoms with Crippen LogP contribution in [0.1, 0.15) is 51.9 Å². The number of alkyl carbamates (subject to hydrolysis) is 1. The maximum absolute atomic E-state index is 11.7. The van der Waals surface area contributed by atoms with Gasteiger partial charge in [0, 0.05) is 12.5 Å². The van der Waals surface area contributed by atoms with E-state index in [0.29, 0.717) is 30.8 Å². The van der Waals surface area contributed by atoms with Crippen LogP contribution >= 0.6 is 0 Å². The summed E-state index contributed by atoms with van der Waals surface area (Å²) in [7, 11) is 0. The lowest BCUT2D eigenvalue weighted by atomic mass is 9.82. The molecule has 2 N–H and O–H groups in total. The van der Waals surface area contributed by atoms with Gasteiger partial charge in [-0.25, -0.2) is 4.79 Å². The van der Waals surface area contributed by atoms with Crippen molar-refractivity contribution in [3.05, 3.63) is 12.2 Å². The molecule has 2 saturated carbocycles. The number of carbonyl (C=O) groups excluding carboxylic acids is 1. The molecule has 0 aromatic rings. The molecule has 2 rings (SSSR count). The van der Waals surface area contributed by atoms with Gasteiger partial charge in [0.25, 0.3) is 0 Å². The van der Waals surface area contributed by atoms with Gasteiger partial charge in [0.15, 0.2) is 0 Å². The number of rotatable bonds is 8. The molecule has 0 spiro atoms. The van der Waals surface area contributed by atoms with E-state index in [1.807, 2.05) is 6.92 Å². The molecular weight excluding hydrogens is 282 g/mol. The number of hydrogen-bond donors (Lipinski definition) is 2. The smallest absolute Gasteiger partial charge is 0.407 e. The van der Waals surface area contributed by atoms with Gasteiger partial charge in [-0.1, -0.05) is 12.2 Å². The van der Waals surface area contributed by atoms with Crippen LogP contribution in [0.25, 0.3) is 0 Å². The molecule has 2 aliphatic carbocycles. The van der Waals surface area contributed by atoms with Gasteiger partial charge in [0.2, 0.25) is 0 Å². The maximum Gasteiger partial charge on any atom is 0.407 e. The summed E-state index contributed by atoms with van der Waals surface area (Å²) in [6.07, 6.45) is 10.3. The predicted octanol–water partition coefficient (Wildman–Crippen LogP) is 3.35. The van der Waals surface area contributed by atoms with E-state index in [2.05, 4.69) is 17.5 Å². The van der Waals surface area contributed by atoms with E-state index in [0.717, 1.165) is 12.8 Å². The number of ether oxygens (including phenoxy) is 1. The number of amides is 1. The first-order valence-electron chi connectivity index (χ1n) is 8.42. The molecule has 124 valence electrons. The molecule has 22 heavy (non-hydrogen) atoms. The van der Waals surface area contributed by atoms with Crippen molar-refractivity contribution in [2.45, 2.75) is 57.9 Å². The van der Waals surface area contributed by atoms with Crippen molar-refractivity contribution in [2.75, 3.05) is 6.61 Å². The van der Waals surface area contributed by atoms with E-state index >= 15 is 0 Å². The number of carbonyl (C=O) groups is 2. The Hall–Kier alpha value is -1.52. The molecule has 0 radical (unpaired) electrons. The molecule has 0 heterocycles. The standard InChI is InChI=1S/C17H27NO4/c1-2-22-17(21)18-16-13-10-9-12(11-13)14(16)7-5-3-4-6-8-15(19)20/h3,5,12-14,16H,2,4,6-11H2,1H3,(H,18,21)(H,19,20)/b5-3+. The van der Waals surface area contributed by atoms with Gasteiger partial charge >= 0.3 is 12.1 Å². The van der Waals surface area contributed by atoms with Gasteiger partial charge in [-0.15, -0.1) is 0 Å². The highest BCUT2D eigenvalue weighted by atomic mass is 16.5. The molecular formula is C17H27NO4. The summed E-state index contributed by atoms with van der Waals surface area (Å²) in [6.45, 7) is 2.22. The van der Waals surface area contributed by atoms with E-state index in [-0.39, 0.29) is 18.6 Å². The van der Waals surface area contributed by atoms with Crippen molar-refractivity contribution in [1.29, 1.82) is 0 Å². The molecule has 0 saturated heterocycles.